The van der Waals surface area contributed by atoms with Crippen molar-refractivity contribution in [3.8, 4) is 0 Å². The summed E-state index contributed by atoms with van der Waals surface area (Å²) < 4.78 is 76.7. The minimum absolute atomic E-state index is 0.00408. The van der Waals surface area contributed by atoms with Crippen LogP contribution >= 0.6 is 23.2 Å². The van der Waals surface area contributed by atoms with Crippen molar-refractivity contribution < 1.29 is 31.1 Å². The molecule has 0 saturated carbocycles. The molecule has 1 heterocycles. The Hall–Kier alpha value is -1.15. The zero-order valence-corrected chi connectivity index (χ0v) is 12.7. The third-order valence-corrected chi connectivity index (χ3v) is 4.58. The molecule has 0 aliphatic carbocycles. The van der Waals surface area contributed by atoms with Crippen LogP contribution in [0.1, 0.15) is 11.1 Å². The fraction of sp³-hybridized carbons (Fsp3) is 0.462. The van der Waals surface area contributed by atoms with E-state index in [1.54, 1.807) is 0 Å². The Morgan fingerprint density at radius 2 is 1.39 bits per heavy atom. The van der Waals surface area contributed by atoms with Crippen molar-refractivity contribution in [1.29, 1.82) is 0 Å². The van der Waals surface area contributed by atoms with Crippen LogP contribution in [0.25, 0.3) is 0 Å². The van der Waals surface area contributed by atoms with Crippen molar-refractivity contribution in [3.05, 3.63) is 29.3 Å². The lowest BCUT2D eigenvalue weighted by Crippen LogP contribution is -2.64. The first-order valence-electron chi connectivity index (χ1n) is 6.18. The second-order valence-corrected chi connectivity index (χ2v) is 5.74. The summed E-state index contributed by atoms with van der Waals surface area (Å²) in [5.74, 6) is -1.04. The number of anilines is 1. The quantitative estimate of drug-likeness (QED) is 0.429. The van der Waals surface area contributed by atoms with E-state index in [9.17, 15) is 31.1 Å². The maximum atomic E-state index is 12.8. The van der Waals surface area contributed by atoms with Crippen molar-refractivity contribution in [3.63, 3.8) is 0 Å². The summed E-state index contributed by atoms with van der Waals surface area (Å²) in [5.41, 5.74) is -4.60. The average molecular weight is 380 g/mol. The molecule has 0 unspecified atom stereocenters. The van der Waals surface area contributed by atoms with E-state index in [1.807, 2.05) is 0 Å². The zero-order valence-electron chi connectivity index (χ0n) is 11.2. The highest BCUT2D eigenvalue weighted by Gasteiger charge is 2.52. The van der Waals surface area contributed by atoms with E-state index in [4.69, 9.17) is 23.2 Å². The number of amides is 1. The third-order valence-electron chi connectivity index (χ3n) is 3.56. The number of carbonyl (C=O) groups is 1. The fourth-order valence-electron chi connectivity index (χ4n) is 2.17. The largest absolute Gasteiger partial charge is 0.416 e. The summed E-state index contributed by atoms with van der Waals surface area (Å²) in [6, 6.07) is 1.00. The van der Waals surface area contributed by atoms with Gasteiger partial charge in [-0.15, -0.1) is 23.2 Å². The van der Waals surface area contributed by atoms with Gasteiger partial charge in [0.05, 0.1) is 16.5 Å². The van der Waals surface area contributed by atoms with Crippen LogP contribution in [-0.4, -0.2) is 24.2 Å². The lowest BCUT2D eigenvalue weighted by molar-refractivity contribution is -0.143. The van der Waals surface area contributed by atoms with Gasteiger partial charge >= 0.3 is 12.4 Å². The zero-order chi connectivity index (χ0) is 17.6. The highest BCUT2D eigenvalue weighted by atomic mass is 35.5. The van der Waals surface area contributed by atoms with Gasteiger partial charge in [0, 0.05) is 24.0 Å². The third kappa shape index (κ3) is 3.24. The van der Waals surface area contributed by atoms with Gasteiger partial charge in [-0.2, -0.15) is 26.3 Å². The molecule has 128 valence electrons. The van der Waals surface area contributed by atoms with E-state index in [0.29, 0.717) is 12.1 Å². The molecule has 1 aromatic rings. The van der Waals surface area contributed by atoms with Crippen molar-refractivity contribution >= 4 is 34.8 Å². The van der Waals surface area contributed by atoms with Crippen LogP contribution in [0.15, 0.2) is 18.2 Å². The Bertz CT molecular complexity index is 592. The Morgan fingerprint density at radius 1 is 0.957 bits per heavy atom. The summed E-state index contributed by atoms with van der Waals surface area (Å²) in [5, 5.41) is 0. The number of rotatable bonds is 3. The van der Waals surface area contributed by atoms with Crippen molar-refractivity contribution in [2.45, 2.75) is 12.4 Å². The second-order valence-electron chi connectivity index (χ2n) is 5.20. The Balaban J connectivity index is 2.46. The van der Waals surface area contributed by atoms with E-state index in [0.717, 1.165) is 4.90 Å². The molecule has 2 nitrogen and oxygen atoms in total. The molecule has 0 radical (unpaired) electrons. The van der Waals surface area contributed by atoms with Gasteiger partial charge in [-0.1, -0.05) is 0 Å². The van der Waals surface area contributed by atoms with Crippen LogP contribution in [0.3, 0.4) is 0 Å². The summed E-state index contributed by atoms with van der Waals surface area (Å²) >= 11 is 11.2. The van der Waals surface area contributed by atoms with Crippen LogP contribution in [0.5, 0.6) is 0 Å². The molecular weight excluding hydrogens is 371 g/mol. The standard InChI is InChI=1S/C13H9Cl2F6NO/c14-4-11(5-15)6-22(10(11)23)9-2-7(12(16,17)18)1-8(3-9)13(19,20)21/h1-3H,4-6H2. The molecule has 0 atom stereocenters. The maximum Gasteiger partial charge on any atom is 0.416 e. The number of carbonyl (C=O) groups excluding carboxylic acids is 1. The van der Waals surface area contributed by atoms with Gasteiger partial charge in [0.1, 0.15) is 0 Å². The molecular formula is C13H9Cl2F6NO. The number of hydrogen-bond donors (Lipinski definition) is 0. The van der Waals surface area contributed by atoms with Gasteiger partial charge in [0.15, 0.2) is 0 Å². The number of benzene rings is 1. The molecule has 0 bridgehead atoms. The highest BCUT2D eigenvalue weighted by Crippen LogP contribution is 2.43. The SMILES string of the molecule is O=C1N(c2cc(C(F)(F)F)cc(C(F)(F)F)c2)CC1(CCl)CCl. The van der Waals surface area contributed by atoms with Crippen LogP contribution in [0.2, 0.25) is 0 Å². The van der Waals surface area contributed by atoms with E-state index in [-0.39, 0.29) is 24.4 Å². The van der Waals surface area contributed by atoms with E-state index in [2.05, 4.69) is 0 Å². The van der Waals surface area contributed by atoms with Gasteiger partial charge in [-0.3, -0.25) is 4.79 Å². The molecule has 1 aliphatic rings. The fourth-order valence-corrected chi connectivity index (χ4v) is 2.86. The summed E-state index contributed by atoms with van der Waals surface area (Å²) in [4.78, 5) is 12.9. The number of alkyl halides is 8. The topological polar surface area (TPSA) is 20.3 Å². The van der Waals surface area contributed by atoms with E-state index >= 15 is 0 Å². The molecule has 1 amide bonds. The molecule has 0 aromatic heterocycles. The monoisotopic (exact) mass is 379 g/mol. The van der Waals surface area contributed by atoms with Crippen molar-refractivity contribution in [2.24, 2.45) is 5.41 Å². The minimum atomic E-state index is -4.97. The van der Waals surface area contributed by atoms with Gasteiger partial charge in [-0.25, -0.2) is 0 Å². The molecule has 10 heteroatoms. The van der Waals surface area contributed by atoms with Crippen molar-refractivity contribution in [1.82, 2.24) is 0 Å². The van der Waals surface area contributed by atoms with Crippen LogP contribution in [0, 0.1) is 5.41 Å². The second kappa shape index (κ2) is 5.73. The van der Waals surface area contributed by atoms with Gasteiger partial charge in [-0.05, 0) is 18.2 Å². The molecule has 1 aromatic carbocycles. The highest BCUT2D eigenvalue weighted by molar-refractivity contribution is 6.26. The molecule has 1 aliphatic heterocycles. The van der Waals surface area contributed by atoms with Gasteiger partial charge in [0.2, 0.25) is 5.91 Å². The first-order valence-corrected chi connectivity index (χ1v) is 7.25. The lowest BCUT2D eigenvalue weighted by Gasteiger charge is -2.47. The predicted molar refractivity (Wildman–Crippen MR) is 72.7 cm³/mol. The first-order chi connectivity index (χ1) is 10.4. The van der Waals surface area contributed by atoms with E-state index in [1.165, 1.54) is 0 Å². The minimum Gasteiger partial charge on any atom is -0.311 e. The maximum absolute atomic E-state index is 12.8. The normalized spacial score (nSPS) is 18.1. The molecule has 1 saturated heterocycles. The summed E-state index contributed by atoms with van der Waals surface area (Å²) in [6.07, 6.45) is -9.94. The molecule has 0 N–H and O–H groups in total. The first kappa shape index (κ1) is 18.2. The summed E-state index contributed by atoms with van der Waals surface area (Å²) in [6.45, 7) is -0.141. The van der Waals surface area contributed by atoms with Crippen LogP contribution in [0.4, 0.5) is 32.0 Å². The average Bonchev–Trinajstić information content (AvgIpc) is 2.45. The van der Waals surface area contributed by atoms with Gasteiger partial charge < -0.3 is 4.90 Å². The number of hydrogen-bond acceptors (Lipinski definition) is 1. The van der Waals surface area contributed by atoms with Crippen molar-refractivity contribution in [2.75, 3.05) is 23.2 Å². The Morgan fingerprint density at radius 3 is 1.70 bits per heavy atom. The molecule has 0 spiro atoms. The smallest absolute Gasteiger partial charge is 0.311 e. The predicted octanol–water partition coefficient (Wildman–Crippen LogP) is 4.53. The lowest BCUT2D eigenvalue weighted by atomic mass is 9.82. The molecule has 23 heavy (non-hydrogen) atoms. The number of nitrogens with zero attached hydrogens (tertiary/aromatic N) is 1. The Labute approximate surface area is 137 Å². The summed E-state index contributed by atoms with van der Waals surface area (Å²) in [7, 11) is 0. The van der Waals surface area contributed by atoms with Gasteiger partial charge in [0.25, 0.3) is 0 Å². The van der Waals surface area contributed by atoms with Crippen LogP contribution < -0.4 is 4.90 Å². The van der Waals surface area contributed by atoms with E-state index < -0.39 is 40.5 Å². The molecule has 2 rings (SSSR count). The number of halogens is 8. The van der Waals surface area contributed by atoms with Crippen LogP contribution in [-0.2, 0) is 17.1 Å². The number of β-lactam (4-membered cyclic amide) rings is 1. The molecule has 1 fully saturated rings. The Kier molecular flexibility index (Phi) is 4.54.